The van der Waals surface area contributed by atoms with Crippen LogP contribution in [-0.4, -0.2) is 87.5 Å². The summed E-state index contributed by atoms with van der Waals surface area (Å²) < 4.78 is 98.7. The highest BCUT2D eigenvalue weighted by molar-refractivity contribution is 7.85. The summed E-state index contributed by atoms with van der Waals surface area (Å²) in [5.41, 5.74) is 1.55. The van der Waals surface area contributed by atoms with E-state index in [-0.39, 0.29) is 13.0 Å². The van der Waals surface area contributed by atoms with E-state index in [4.69, 9.17) is 14.2 Å². The van der Waals surface area contributed by atoms with Gasteiger partial charge in [-0.05, 0) is 56.0 Å². The number of ether oxygens (including phenoxy) is 3. The van der Waals surface area contributed by atoms with Gasteiger partial charge in [0.05, 0.1) is 24.9 Å². The second-order valence-electron chi connectivity index (χ2n) is 11.9. The van der Waals surface area contributed by atoms with Crippen LogP contribution in [-0.2, 0) is 39.7 Å². The number of alkyl carbamates (subject to hydrolysis) is 1. The van der Waals surface area contributed by atoms with E-state index in [1.165, 1.54) is 12.1 Å². The lowest BCUT2D eigenvalue weighted by Gasteiger charge is -2.42. The molecule has 0 spiro atoms. The number of alkyl halides is 3. The van der Waals surface area contributed by atoms with Gasteiger partial charge in [0.15, 0.2) is 6.10 Å². The third-order valence-electron chi connectivity index (χ3n) is 7.25. The molecule has 1 saturated heterocycles. The molecule has 0 saturated carbocycles. The first-order valence-corrected chi connectivity index (χ1v) is 16.0. The minimum atomic E-state index is -5.03. The third kappa shape index (κ3) is 9.37. The van der Waals surface area contributed by atoms with Crippen LogP contribution in [0.4, 0.5) is 22.4 Å². The molecule has 0 radical (unpaired) electrons. The van der Waals surface area contributed by atoms with Crippen LogP contribution in [0.5, 0.6) is 0 Å². The first kappa shape index (κ1) is 34.6. The van der Waals surface area contributed by atoms with Gasteiger partial charge in [0.2, 0.25) is 0 Å². The van der Waals surface area contributed by atoms with Crippen molar-refractivity contribution in [2.45, 2.75) is 75.8 Å². The molecule has 5 atom stereocenters. The summed E-state index contributed by atoms with van der Waals surface area (Å²) in [4.78, 5) is 28.3. The van der Waals surface area contributed by atoms with Crippen molar-refractivity contribution in [1.82, 2.24) is 10.2 Å². The molecule has 1 N–H and O–H groups in total. The fourth-order valence-corrected chi connectivity index (χ4v) is 5.67. The normalized spacial score (nSPS) is 23.2. The maximum Gasteiger partial charge on any atom is 0.416 e. The van der Waals surface area contributed by atoms with Crippen molar-refractivity contribution in [3.05, 3.63) is 71.0 Å². The van der Waals surface area contributed by atoms with E-state index < -0.39 is 83.3 Å². The van der Waals surface area contributed by atoms with E-state index in [2.05, 4.69) is 9.50 Å². The van der Waals surface area contributed by atoms with Crippen LogP contribution in [0.3, 0.4) is 0 Å². The SMILES string of the molecule is CC(C)(C)OC(=O)N[C@H]1C[C@H](C(=O)N2CCc3ccccc3[C@@H]2c2ccc(F)cc2)OC[C@@H]1O[C@@H](COS(C)(=O)=O)C(F)(F)F. The van der Waals surface area contributed by atoms with Gasteiger partial charge in [0.25, 0.3) is 16.0 Å². The van der Waals surface area contributed by atoms with Crippen LogP contribution < -0.4 is 5.32 Å². The number of carbonyl (C=O) groups excluding carboxylic acids is 2. The molecular formula is C30H36F4N2O8S. The van der Waals surface area contributed by atoms with E-state index >= 15 is 0 Å². The molecule has 15 heteroatoms. The van der Waals surface area contributed by atoms with Crippen molar-refractivity contribution in [3.63, 3.8) is 0 Å². The topological polar surface area (TPSA) is 120 Å². The second kappa shape index (κ2) is 13.6. The number of hydrogen-bond donors (Lipinski definition) is 1. The number of hydrogen-bond acceptors (Lipinski definition) is 8. The smallest absolute Gasteiger partial charge is 0.416 e. The van der Waals surface area contributed by atoms with Crippen LogP contribution in [0.2, 0.25) is 0 Å². The Hall–Kier alpha value is -3.27. The fraction of sp³-hybridized carbons (Fsp3) is 0.533. The molecule has 0 unspecified atom stereocenters. The van der Waals surface area contributed by atoms with E-state index in [0.717, 1.165) is 11.1 Å². The van der Waals surface area contributed by atoms with E-state index in [1.54, 1.807) is 37.8 Å². The fourth-order valence-electron chi connectivity index (χ4n) is 5.30. The summed E-state index contributed by atoms with van der Waals surface area (Å²) in [6.45, 7) is 3.18. The molecule has 4 rings (SSSR count). The van der Waals surface area contributed by atoms with Crippen molar-refractivity contribution in [2.24, 2.45) is 0 Å². The molecule has 2 aromatic rings. The van der Waals surface area contributed by atoms with Crippen LogP contribution in [0.15, 0.2) is 48.5 Å². The number of rotatable bonds is 8. The summed E-state index contributed by atoms with van der Waals surface area (Å²) in [6.07, 6.45) is -10.5. The van der Waals surface area contributed by atoms with Crippen LogP contribution >= 0.6 is 0 Å². The van der Waals surface area contributed by atoms with E-state index in [9.17, 15) is 35.6 Å². The third-order valence-corrected chi connectivity index (χ3v) is 7.81. The summed E-state index contributed by atoms with van der Waals surface area (Å²) in [5, 5.41) is 2.50. The Labute approximate surface area is 259 Å². The Morgan fingerprint density at radius 3 is 2.38 bits per heavy atom. The first-order chi connectivity index (χ1) is 20.9. The Morgan fingerprint density at radius 2 is 1.76 bits per heavy atom. The monoisotopic (exact) mass is 660 g/mol. The molecule has 2 aromatic carbocycles. The van der Waals surface area contributed by atoms with Gasteiger partial charge in [-0.15, -0.1) is 0 Å². The standard InChI is InChI=1S/C30H36F4N2O8S/c1-29(2,3)44-28(38)35-22-15-23(41-16-24(22)43-25(30(32,33)34)17-42-45(4,39)40)27(37)36-14-13-18-7-5-6-8-21(18)26(36)19-9-11-20(31)12-10-19/h5-12,22-26H,13-17H2,1-4H3,(H,35,38)/t22-,23+,24-,25-,26-/m0/s1. The zero-order valence-corrected chi connectivity index (χ0v) is 26.0. The first-order valence-electron chi connectivity index (χ1n) is 14.2. The number of amides is 2. The van der Waals surface area contributed by atoms with E-state index in [0.29, 0.717) is 18.2 Å². The minimum Gasteiger partial charge on any atom is -0.444 e. The van der Waals surface area contributed by atoms with Crippen molar-refractivity contribution in [1.29, 1.82) is 0 Å². The van der Waals surface area contributed by atoms with Crippen molar-refractivity contribution in [2.75, 3.05) is 26.0 Å². The van der Waals surface area contributed by atoms with Gasteiger partial charge in [-0.25, -0.2) is 9.18 Å². The summed E-state index contributed by atoms with van der Waals surface area (Å²) in [5.74, 6) is -0.932. The van der Waals surface area contributed by atoms with Crippen molar-refractivity contribution < 1.29 is 54.0 Å². The van der Waals surface area contributed by atoms with Crippen LogP contribution in [0, 0.1) is 5.82 Å². The summed E-state index contributed by atoms with van der Waals surface area (Å²) >= 11 is 0. The van der Waals surface area contributed by atoms with Gasteiger partial charge in [0, 0.05) is 13.0 Å². The van der Waals surface area contributed by atoms with Crippen LogP contribution in [0.25, 0.3) is 0 Å². The van der Waals surface area contributed by atoms with Gasteiger partial charge >= 0.3 is 12.3 Å². The quantitative estimate of drug-likeness (QED) is 0.329. The lowest BCUT2D eigenvalue weighted by atomic mass is 9.87. The van der Waals surface area contributed by atoms with Gasteiger partial charge < -0.3 is 24.4 Å². The van der Waals surface area contributed by atoms with Crippen molar-refractivity contribution in [3.8, 4) is 0 Å². The molecule has 45 heavy (non-hydrogen) atoms. The number of benzene rings is 2. The average molecular weight is 661 g/mol. The Balaban J connectivity index is 1.60. The Morgan fingerprint density at radius 1 is 1.09 bits per heavy atom. The molecule has 2 aliphatic rings. The predicted molar refractivity (Wildman–Crippen MR) is 153 cm³/mol. The largest absolute Gasteiger partial charge is 0.444 e. The highest BCUT2D eigenvalue weighted by Crippen LogP contribution is 2.37. The predicted octanol–water partition coefficient (Wildman–Crippen LogP) is 4.27. The maximum absolute atomic E-state index is 14.1. The highest BCUT2D eigenvalue weighted by atomic mass is 32.2. The molecule has 2 heterocycles. The van der Waals surface area contributed by atoms with Gasteiger partial charge in [-0.2, -0.15) is 21.6 Å². The minimum absolute atomic E-state index is 0.279. The Kier molecular flexibility index (Phi) is 10.5. The zero-order chi connectivity index (χ0) is 33.2. The highest BCUT2D eigenvalue weighted by Gasteiger charge is 2.47. The zero-order valence-electron chi connectivity index (χ0n) is 25.2. The van der Waals surface area contributed by atoms with Gasteiger partial charge in [0.1, 0.15) is 30.2 Å². The second-order valence-corrected chi connectivity index (χ2v) is 13.6. The molecule has 0 aromatic heterocycles. The van der Waals surface area contributed by atoms with Gasteiger partial charge in [-0.3, -0.25) is 8.98 Å². The number of nitrogens with one attached hydrogen (secondary N) is 1. The van der Waals surface area contributed by atoms with Crippen LogP contribution in [0.1, 0.15) is 49.9 Å². The summed E-state index contributed by atoms with van der Waals surface area (Å²) in [7, 11) is -4.23. The lowest BCUT2D eigenvalue weighted by Crippen LogP contribution is -2.58. The van der Waals surface area contributed by atoms with Crippen molar-refractivity contribution >= 4 is 22.1 Å². The number of halogens is 4. The molecule has 0 aliphatic carbocycles. The molecule has 248 valence electrons. The molecule has 10 nitrogen and oxygen atoms in total. The average Bonchev–Trinajstić information content (AvgIpc) is 2.93. The molecule has 1 fully saturated rings. The lowest BCUT2D eigenvalue weighted by molar-refractivity contribution is -0.253. The Bertz CT molecular complexity index is 1460. The number of nitrogens with zero attached hydrogens (tertiary/aromatic N) is 1. The molecule has 0 bridgehead atoms. The number of carbonyl (C=O) groups is 2. The molecule has 2 aliphatic heterocycles. The molecule has 2 amide bonds. The van der Waals surface area contributed by atoms with Gasteiger partial charge in [-0.1, -0.05) is 36.4 Å². The maximum atomic E-state index is 14.1. The summed E-state index contributed by atoms with van der Waals surface area (Å²) in [6, 6.07) is 11.5. The molecular weight excluding hydrogens is 624 g/mol. The number of fused-ring (bicyclic) bond motifs is 1. The van der Waals surface area contributed by atoms with E-state index in [1.807, 2.05) is 24.3 Å².